The van der Waals surface area contributed by atoms with E-state index in [-0.39, 0.29) is 25.0 Å². The van der Waals surface area contributed by atoms with Crippen LogP contribution in [0, 0.1) is 47.3 Å². The summed E-state index contributed by atoms with van der Waals surface area (Å²) in [4.78, 5) is 49.1. The highest BCUT2D eigenvalue weighted by atomic mass is 16.6. The average molecular weight is 420 g/mol. The van der Waals surface area contributed by atoms with Crippen LogP contribution in [0.1, 0.15) is 26.7 Å². The zero-order chi connectivity index (χ0) is 21.4. The molecular formula is C22H28O8. The minimum absolute atomic E-state index is 0.0230. The molecule has 4 aliphatic rings. The van der Waals surface area contributed by atoms with Gasteiger partial charge >= 0.3 is 23.9 Å². The van der Waals surface area contributed by atoms with Crippen LogP contribution in [0.15, 0.2) is 12.2 Å². The van der Waals surface area contributed by atoms with Gasteiger partial charge in [-0.25, -0.2) is 9.59 Å². The molecule has 0 amide bonds. The maximum Gasteiger partial charge on any atom is 0.344 e. The number of rotatable bonds is 8. The van der Waals surface area contributed by atoms with Crippen molar-refractivity contribution in [2.45, 2.75) is 26.7 Å². The lowest BCUT2D eigenvalue weighted by Gasteiger charge is -2.39. The molecule has 0 saturated heterocycles. The molecule has 0 N–H and O–H groups in total. The van der Waals surface area contributed by atoms with Gasteiger partial charge in [0.25, 0.3) is 0 Å². The molecule has 4 aliphatic carbocycles. The number of fused-ring (bicyclic) bond motifs is 9. The maximum atomic E-state index is 12.9. The van der Waals surface area contributed by atoms with Crippen molar-refractivity contribution in [3.05, 3.63) is 12.2 Å². The summed E-state index contributed by atoms with van der Waals surface area (Å²) in [5.41, 5.74) is 0. The molecule has 3 fully saturated rings. The topological polar surface area (TPSA) is 105 Å². The molecule has 0 spiro atoms. The van der Waals surface area contributed by atoms with Gasteiger partial charge in [-0.1, -0.05) is 12.2 Å². The molecule has 8 heteroatoms. The Kier molecular flexibility index (Phi) is 5.84. The number of hydrogen-bond donors (Lipinski definition) is 0. The van der Waals surface area contributed by atoms with Crippen molar-refractivity contribution < 1.29 is 38.1 Å². The van der Waals surface area contributed by atoms with Crippen molar-refractivity contribution in [2.75, 3.05) is 26.4 Å². The molecule has 0 aliphatic heterocycles. The first-order valence-electron chi connectivity index (χ1n) is 10.8. The van der Waals surface area contributed by atoms with Gasteiger partial charge in [0.1, 0.15) is 0 Å². The highest BCUT2D eigenvalue weighted by Crippen LogP contribution is 2.68. The van der Waals surface area contributed by atoms with Crippen LogP contribution in [0.4, 0.5) is 0 Å². The van der Waals surface area contributed by atoms with Crippen LogP contribution in [-0.4, -0.2) is 50.3 Å². The highest BCUT2D eigenvalue weighted by Gasteiger charge is 2.68. The Hall–Kier alpha value is -2.38. The summed E-state index contributed by atoms with van der Waals surface area (Å²) in [6.45, 7) is 2.82. The van der Waals surface area contributed by atoms with Crippen molar-refractivity contribution in [3.63, 3.8) is 0 Å². The van der Waals surface area contributed by atoms with Gasteiger partial charge in [0.05, 0.1) is 25.0 Å². The van der Waals surface area contributed by atoms with E-state index in [0.29, 0.717) is 23.7 Å². The van der Waals surface area contributed by atoms with Crippen LogP contribution < -0.4 is 0 Å². The van der Waals surface area contributed by atoms with Crippen molar-refractivity contribution in [3.8, 4) is 0 Å². The summed E-state index contributed by atoms with van der Waals surface area (Å²) in [5.74, 6) is -2.02. The number of hydrogen-bond acceptors (Lipinski definition) is 8. The summed E-state index contributed by atoms with van der Waals surface area (Å²) < 4.78 is 20.1. The van der Waals surface area contributed by atoms with E-state index in [9.17, 15) is 19.2 Å². The minimum Gasteiger partial charge on any atom is -0.463 e. The van der Waals surface area contributed by atoms with Gasteiger partial charge < -0.3 is 18.9 Å². The third kappa shape index (κ3) is 3.50. The molecule has 0 radical (unpaired) electrons. The molecule has 3 saturated carbocycles. The van der Waals surface area contributed by atoms with Gasteiger partial charge in [0.15, 0.2) is 13.2 Å². The minimum atomic E-state index is -0.659. The SMILES string of the molecule is CCOC(=O)COC(=O)C1C2CC(C1C(=O)OCC(=O)OCC)C1C3C=CC(C3)C21. The zero-order valence-corrected chi connectivity index (χ0v) is 17.3. The first-order chi connectivity index (χ1) is 14.5. The fraction of sp³-hybridized carbons (Fsp3) is 0.727. The number of esters is 4. The Morgan fingerprint density at radius 2 is 1.13 bits per heavy atom. The first-order valence-corrected chi connectivity index (χ1v) is 10.8. The normalized spacial score (nSPS) is 37.0. The molecule has 0 aromatic carbocycles. The lowest BCUT2D eigenvalue weighted by Crippen LogP contribution is -2.45. The number of allylic oxidation sites excluding steroid dienone is 2. The first kappa shape index (κ1) is 20.9. The fourth-order valence-electron chi connectivity index (χ4n) is 6.54. The van der Waals surface area contributed by atoms with Crippen LogP contribution in [0.2, 0.25) is 0 Å². The highest BCUT2D eigenvalue weighted by molar-refractivity contribution is 5.86. The van der Waals surface area contributed by atoms with Gasteiger partial charge in [-0.2, -0.15) is 0 Å². The second-order valence-corrected chi connectivity index (χ2v) is 8.54. The van der Waals surface area contributed by atoms with Gasteiger partial charge in [-0.05, 0) is 62.2 Å². The molecule has 164 valence electrons. The standard InChI is InChI=1S/C22H28O8/c1-3-27-15(23)9-29-21(25)19-13-8-14(18-12-6-5-11(7-12)17(13)18)20(19)22(26)30-10-16(24)28-4-2/h5-6,11-14,17-20H,3-4,7-10H2,1-2H3. The molecule has 4 bridgehead atoms. The molecule has 30 heavy (non-hydrogen) atoms. The van der Waals surface area contributed by atoms with Crippen LogP contribution in [0.3, 0.4) is 0 Å². The summed E-state index contributed by atoms with van der Waals surface area (Å²) in [6.07, 6.45) is 6.31. The number of carbonyl (C=O) groups is 4. The van der Waals surface area contributed by atoms with Crippen LogP contribution in [0.25, 0.3) is 0 Å². The third-order valence-corrected chi connectivity index (χ3v) is 7.25. The maximum absolute atomic E-state index is 12.9. The lowest BCUT2D eigenvalue weighted by molar-refractivity contribution is -0.172. The van der Waals surface area contributed by atoms with Crippen LogP contribution >= 0.6 is 0 Å². The van der Waals surface area contributed by atoms with E-state index >= 15 is 0 Å². The second-order valence-electron chi connectivity index (χ2n) is 8.54. The zero-order valence-electron chi connectivity index (χ0n) is 17.3. The van der Waals surface area contributed by atoms with Gasteiger partial charge in [0, 0.05) is 0 Å². The Balaban J connectivity index is 1.49. The molecule has 0 aromatic rings. The molecule has 8 atom stereocenters. The predicted molar refractivity (Wildman–Crippen MR) is 101 cm³/mol. The molecule has 0 aromatic heterocycles. The Labute approximate surface area is 175 Å². The largest absolute Gasteiger partial charge is 0.463 e. The average Bonchev–Trinajstić information content (AvgIpc) is 3.48. The summed E-state index contributed by atoms with van der Waals surface area (Å²) >= 11 is 0. The third-order valence-electron chi connectivity index (χ3n) is 7.25. The summed E-state index contributed by atoms with van der Waals surface area (Å²) in [5, 5.41) is 0. The van der Waals surface area contributed by atoms with Crippen molar-refractivity contribution >= 4 is 23.9 Å². The summed E-state index contributed by atoms with van der Waals surface area (Å²) in [7, 11) is 0. The van der Waals surface area contributed by atoms with E-state index < -0.39 is 48.9 Å². The van der Waals surface area contributed by atoms with Gasteiger partial charge in [-0.3, -0.25) is 9.59 Å². The second kappa shape index (κ2) is 8.40. The Bertz CT molecular complexity index is 698. The van der Waals surface area contributed by atoms with Crippen molar-refractivity contribution in [1.82, 2.24) is 0 Å². The van der Waals surface area contributed by atoms with E-state index in [0.717, 1.165) is 12.8 Å². The van der Waals surface area contributed by atoms with Crippen molar-refractivity contribution in [2.24, 2.45) is 47.3 Å². The number of ether oxygens (including phenoxy) is 4. The number of carbonyl (C=O) groups excluding carboxylic acids is 4. The van der Waals surface area contributed by atoms with Crippen LogP contribution in [0.5, 0.6) is 0 Å². The van der Waals surface area contributed by atoms with E-state index in [1.54, 1.807) is 13.8 Å². The van der Waals surface area contributed by atoms with Crippen LogP contribution in [-0.2, 0) is 38.1 Å². The quantitative estimate of drug-likeness (QED) is 0.252. The molecule has 4 rings (SSSR count). The fourth-order valence-corrected chi connectivity index (χ4v) is 6.54. The van der Waals surface area contributed by atoms with E-state index in [2.05, 4.69) is 12.2 Å². The molecular weight excluding hydrogens is 392 g/mol. The van der Waals surface area contributed by atoms with Gasteiger partial charge in [-0.15, -0.1) is 0 Å². The Morgan fingerprint density at radius 3 is 1.53 bits per heavy atom. The molecule has 8 nitrogen and oxygen atoms in total. The van der Waals surface area contributed by atoms with Gasteiger partial charge in [0.2, 0.25) is 0 Å². The Morgan fingerprint density at radius 1 is 0.700 bits per heavy atom. The van der Waals surface area contributed by atoms with E-state index in [1.807, 2.05) is 0 Å². The lowest BCUT2D eigenvalue weighted by atomic mass is 9.65. The summed E-state index contributed by atoms with van der Waals surface area (Å²) in [6, 6.07) is 0. The van der Waals surface area contributed by atoms with Crippen molar-refractivity contribution in [1.29, 1.82) is 0 Å². The monoisotopic (exact) mass is 420 g/mol. The van der Waals surface area contributed by atoms with E-state index in [1.165, 1.54) is 0 Å². The predicted octanol–water partition coefficient (Wildman–Crippen LogP) is 1.52. The molecule has 0 heterocycles. The smallest absolute Gasteiger partial charge is 0.344 e. The molecule has 8 unspecified atom stereocenters. The van der Waals surface area contributed by atoms with E-state index in [4.69, 9.17) is 18.9 Å².